The number of aryl methyl sites for hydroxylation is 1. The van der Waals surface area contributed by atoms with Gasteiger partial charge in [0.1, 0.15) is 6.10 Å². The molecule has 1 saturated heterocycles. The van der Waals surface area contributed by atoms with E-state index in [2.05, 4.69) is 15.2 Å². The van der Waals surface area contributed by atoms with Crippen LogP contribution in [0.5, 0.6) is 0 Å². The van der Waals surface area contributed by atoms with Gasteiger partial charge in [-0.05, 0) is 51.6 Å². The molecule has 1 aliphatic carbocycles. The number of carbonyl (C=O) groups excluding carboxylic acids is 1. The molecule has 0 spiro atoms. The predicted molar refractivity (Wildman–Crippen MR) is 82.0 cm³/mol. The van der Waals surface area contributed by atoms with E-state index in [0.717, 1.165) is 51.0 Å². The highest BCUT2D eigenvalue weighted by atomic mass is 32.1. The van der Waals surface area contributed by atoms with E-state index in [1.165, 1.54) is 4.88 Å². The van der Waals surface area contributed by atoms with E-state index in [1.807, 2.05) is 12.4 Å². The molecule has 116 valence electrons. The Balaban J connectivity index is 1.45. The quantitative estimate of drug-likeness (QED) is 0.860. The van der Waals surface area contributed by atoms with Crippen molar-refractivity contribution in [3.63, 3.8) is 0 Å². The van der Waals surface area contributed by atoms with Crippen molar-refractivity contribution in [2.45, 2.75) is 51.3 Å². The number of rotatable bonds is 5. The molecule has 1 saturated carbocycles. The van der Waals surface area contributed by atoms with Gasteiger partial charge in [-0.1, -0.05) is 0 Å². The standard InChI is InChI=1S/C15H23N3O2S/c1-10-13(21-9-16-10)8-18-6-4-11(5-7-18)14(19)15(20)17-12-2-3-12/h9,11-12,14,19H,2-8H2,1H3,(H,17,20). The minimum Gasteiger partial charge on any atom is -0.383 e. The minimum atomic E-state index is -0.835. The van der Waals surface area contributed by atoms with Gasteiger partial charge >= 0.3 is 0 Å². The molecule has 2 fully saturated rings. The Hall–Kier alpha value is -0.980. The molecule has 1 aliphatic heterocycles. The van der Waals surface area contributed by atoms with E-state index >= 15 is 0 Å². The Morgan fingerprint density at radius 1 is 1.48 bits per heavy atom. The van der Waals surface area contributed by atoms with Gasteiger partial charge in [0, 0.05) is 17.5 Å². The highest BCUT2D eigenvalue weighted by Gasteiger charge is 2.33. The van der Waals surface area contributed by atoms with Gasteiger partial charge in [-0.15, -0.1) is 11.3 Å². The number of amides is 1. The summed E-state index contributed by atoms with van der Waals surface area (Å²) in [5, 5.41) is 13.1. The molecule has 0 aromatic carbocycles. The fourth-order valence-electron chi connectivity index (χ4n) is 2.84. The van der Waals surface area contributed by atoms with Crippen molar-refractivity contribution in [1.29, 1.82) is 0 Å². The topological polar surface area (TPSA) is 65.5 Å². The van der Waals surface area contributed by atoms with Crippen LogP contribution >= 0.6 is 11.3 Å². The third-order valence-corrected chi connectivity index (χ3v) is 5.40. The second kappa shape index (κ2) is 6.42. The molecule has 5 nitrogen and oxygen atoms in total. The number of aromatic nitrogens is 1. The maximum Gasteiger partial charge on any atom is 0.249 e. The molecule has 0 radical (unpaired) electrons. The zero-order valence-electron chi connectivity index (χ0n) is 12.4. The van der Waals surface area contributed by atoms with E-state index in [4.69, 9.17) is 0 Å². The Morgan fingerprint density at radius 2 is 2.19 bits per heavy atom. The summed E-state index contributed by atoms with van der Waals surface area (Å²) in [4.78, 5) is 19.9. The minimum absolute atomic E-state index is 0.0996. The van der Waals surface area contributed by atoms with Crippen molar-refractivity contribution < 1.29 is 9.90 Å². The van der Waals surface area contributed by atoms with E-state index in [0.29, 0.717) is 6.04 Å². The summed E-state index contributed by atoms with van der Waals surface area (Å²) in [6.07, 6.45) is 3.06. The molecule has 3 rings (SSSR count). The summed E-state index contributed by atoms with van der Waals surface area (Å²) in [6.45, 7) is 4.86. The summed E-state index contributed by atoms with van der Waals surface area (Å²) >= 11 is 1.70. The Labute approximate surface area is 129 Å². The van der Waals surface area contributed by atoms with Gasteiger partial charge in [0.25, 0.3) is 0 Å². The van der Waals surface area contributed by atoms with E-state index in [-0.39, 0.29) is 11.8 Å². The molecule has 1 atom stereocenters. The fourth-order valence-corrected chi connectivity index (χ4v) is 3.65. The van der Waals surface area contributed by atoms with Gasteiger partial charge in [0.2, 0.25) is 5.91 Å². The van der Waals surface area contributed by atoms with Crippen LogP contribution in [0.1, 0.15) is 36.3 Å². The molecule has 1 amide bonds. The number of hydrogen-bond acceptors (Lipinski definition) is 5. The van der Waals surface area contributed by atoms with Gasteiger partial charge in [0.15, 0.2) is 0 Å². The molecule has 21 heavy (non-hydrogen) atoms. The average Bonchev–Trinajstić information content (AvgIpc) is 3.21. The average molecular weight is 309 g/mol. The molecular formula is C15H23N3O2S. The lowest BCUT2D eigenvalue weighted by atomic mass is 9.90. The first-order valence-electron chi connectivity index (χ1n) is 7.73. The molecule has 2 aliphatic rings. The number of carbonyl (C=O) groups is 1. The van der Waals surface area contributed by atoms with E-state index < -0.39 is 6.10 Å². The second-order valence-electron chi connectivity index (χ2n) is 6.20. The van der Waals surface area contributed by atoms with E-state index in [1.54, 1.807) is 11.3 Å². The van der Waals surface area contributed by atoms with Crippen LogP contribution in [-0.4, -0.2) is 46.1 Å². The first kappa shape index (κ1) is 14.9. The van der Waals surface area contributed by atoms with Crippen LogP contribution in [0, 0.1) is 12.8 Å². The number of nitrogens with zero attached hydrogens (tertiary/aromatic N) is 2. The summed E-state index contributed by atoms with van der Waals surface area (Å²) < 4.78 is 0. The number of thiazole rings is 1. The normalized spacial score (nSPS) is 22.2. The van der Waals surface area contributed by atoms with Gasteiger partial charge in [-0.2, -0.15) is 0 Å². The number of hydrogen-bond donors (Lipinski definition) is 2. The van der Waals surface area contributed by atoms with Crippen LogP contribution in [0.25, 0.3) is 0 Å². The maximum atomic E-state index is 11.9. The summed E-state index contributed by atoms with van der Waals surface area (Å²) in [5.74, 6) is -0.0724. The van der Waals surface area contributed by atoms with Crippen molar-refractivity contribution in [3.05, 3.63) is 16.1 Å². The first-order chi connectivity index (χ1) is 10.1. The summed E-state index contributed by atoms with van der Waals surface area (Å²) in [7, 11) is 0. The van der Waals surface area contributed by atoms with Crippen LogP contribution in [0.2, 0.25) is 0 Å². The predicted octanol–water partition coefficient (Wildman–Crippen LogP) is 1.30. The number of aliphatic hydroxyl groups excluding tert-OH is 1. The smallest absolute Gasteiger partial charge is 0.249 e. The lowest BCUT2D eigenvalue weighted by Crippen LogP contribution is -2.44. The van der Waals surface area contributed by atoms with Gasteiger partial charge in [-0.25, -0.2) is 4.98 Å². The van der Waals surface area contributed by atoms with Crippen molar-refractivity contribution in [2.75, 3.05) is 13.1 Å². The van der Waals surface area contributed by atoms with Crippen LogP contribution in [-0.2, 0) is 11.3 Å². The fraction of sp³-hybridized carbons (Fsp3) is 0.733. The third kappa shape index (κ3) is 3.81. The van der Waals surface area contributed by atoms with Crippen LogP contribution in [0.4, 0.5) is 0 Å². The van der Waals surface area contributed by atoms with Crippen molar-refractivity contribution in [1.82, 2.24) is 15.2 Å². The number of piperidine rings is 1. The summed E-state index contributed by atoms with van der Waals surface area (Å²) in [6, 6.07) is 0.321. The van der Waals surface area contributed by atoms with Crippen molar-refractivity contribution >= 4 is 17.2 Å². The molecule has 1 unspecified atom stereocenters. The monoisotopic (exact) mass is 309 g/mol. The first-order valence-corrected chi connectivity index (χ1v) is 8.61. The zero-order chi connectivity index (χ0) is 14.8. The molecule has 2 heterocycles. The number of likely N-dealkylation sites (tertiary alicyclic amines) is 1. The van der Waals surface area contributed by atoms with Crippen LogP contribution in [0.15, 0.2) is 5.51 Å². The highest BCUT2D eigenvalue weighted by Crippen LogP contribution is 2.25. The zero-order valence-corrected chi connectivity index (χ0v) is 13.2. The molecule has 2 N–H and O–H groups in total. The highest BCUT2D eigenvalue weighted by molar-refractivity contribution is 7.09. The maximum absolute atomic E-state index is 11.9. The molecular weight excluding hydrogens is 286 g/mol. The van der Waals surface area contributed by atoms with Crippen LogP contribution < -0.4 is 5.32 Å². The Kier molecular flexibility index (Phi) is 4.57. The Morgan fingerprint density at radius 3 is 2.76 bits per heavy atom. The second-order valence-corrected chi connectivity index (χ2v) is 7.14. The van der Waals surface area contributed by atoms with Gasteiger partial charge < -0.3 is 10.4 Å². The summed E-state index contributed by atoms with van der Waals surface area (Å²) in [5.41, 5.74) is 3.01. The van der Waals surface area contributed by atoms with E-state index in [9.17, 15) is 9.90 Å². The van der Waals surface area contributed by atoms with Crippen LogP contribution in [0.3, 0.4) is 0 Å². The Bertz CT molecular complexity index is 493. The molecule has 6 heteroatoms. The van der Waals surface area contributed by atoms with Crippen molar-refractivity contribution in [2.24, 2.45) is 5.92 Å². The van der Waals surface area contributed by atoms with Gasteiger partial charge in [-0.3, -0.25) is 9.69 Å². The van der Waals surface area contributed by atoms with Crippen molar-refractivity contribution in [3.8, 4) is 0 Å². The largest absolute Gasteiger partial charge is 0.383 e. The number of nitrogens with one attached hydrogen (secondary N) is 1. The molecule has 1 aromatic heterocycles. The molecule has 0 bridgehead atoms. The number of aliphatic hydroxyl groups is 1. The third-order valence-electron chi connectivity index (χ3n) is 4.48. The lowest BCUT2D eigenvalue weighted by Gasteiger charge is -2.33. The SMILES string of the molecule is Cc1ncsc1CN1CCC(C(O)C(=O)NC2CC2)CC1. The lowest BCUT2D eigenvalue weighted by molar-refractivity contribution is -0.133. The molecule has 1 aromatic rings. The van der Waals surface area contributed by atoms with Gasteiger partial charge in [0.05, 0.1) is 11.2 Å².